The first-order valence-corrected chi connectivity index (χ1v) is 28.2. The molecule has 1 N–H and O–H groups in total. The Morgan fingerprint density at radius 1 is 0.513 bits per heavy atom. The van der Waals surface area contributed by atoms with Gasteiger partial charge >= 0.3 is 0 Å². The Hall–Kier alpha value is -7.60. The molecule has 0 saturated heterocycles. The molecule has 5 heteroatoms. The van der Waals surface area contributed by atoms with Gasteiger partial charge in [0.2, 0.25) is 0 Å². The van der Waals surface area contributed by atoms with Gasteiger partial charge in [-0.25, -0.2) is 0 Å². The van der Waals surface area contributed by atoms with E-state index in [-0.39, 0.29) is 21.7 Å². The van der Waals surface area contributed by atoms with Crippen LogP contribution < -0.4 is 16.2 Å². The van der Waals surface area contributed by atoms with Crippen molar-refractivity contribution in [3.63, 3.8) is 0 Å². The maximum atomic E-state index is 7.10. The minimum atomic E-state index is -0.156. The molecule has 4 heterocycles. The fourth-order valence-electron chi connectivity index (χ4n) is 13.8. The van der Waals surface area contributed by atoms with Crippen molar-refractivity contribution in [1.82, 2.24) is 4.57 Å². The SMILES string of the molecule is CC(C)(C)c1ccc(Nc2cc3sc4cc5c(cc4c3cc2-c2ccc3c4cc6c(cc4n4c3c2Bc2cc3c(-c7ccccc7)oc(-c7ccccc7)c3cc2-4)C(C)(C)c2ccccc2-6)C(C)(C)CCC5(C)C)cc1. The fraction of sp³-hybridized carbons (Fsp3) is 0.211. The van der Waals surface area contributed by atoms with E-state index >= 15 is 0 Å². The first kappa shape index (κ1) is 45.8. The number of nitrogens with zero attached hydrogens (tertiary/aromatic N) is 1. The van der Waals surface area contributed by atoms with Gasteiger partial charge in [0.25, 0.3) is 0 Å². The van der Waals surface area contributed by atoms with Gasteiger partial charge < -0.3 is 14.3 Å². The number of hydrogen-bond donors (Lipinski definition) is 1. The van der Waals surface area contributed by atoms with Crippen LogP contribution in [-0.4, -0.2) is 11.8 Å². The molecule has 3 nitrogen and oxygen atoms in total. The molecule has 76 heavy (non-hydrogen) atoms. The van der Waals surface area contributed by atoms with E-state index in [9.17, 15) is 0 Å². The van der Waals surface area contributed by atoms with Gasteiger partial charge in [-0.05, 0) is 134 Å². The maximum Gasteiger partial charge on any atom is 0.198 e. The maximum absolute atomic E-state index is 7.10. The third kappa shape index (κ3) is 6.60. The number of thiophene rings is 1. The summed E-state index contributed by atoms with van der Waals surface area (Å²) in [4.78, 5) is 0. The van der Waals surface area contributed by atoms with Crippen LogP contribution in [0.2, 0.25) is 0 Å². The summed E-state index contributed by atoms with van der Waals surface area (Å²) in [5.41, 5.74) is 23.2. The van der Waals surface area contributed by atoms with E-state index in [1.807, 2.05) is 11.3 Å². The van der Waals surface area contributed by atoms with E-state index in [1.165, 1.54) is 122 Å². The van der Waals surface area contributed by atoms with E-state index in [0.29, 0.717) is 0 Å². The molecule has 0 atom stereocenters. The molecule has 1 aliphatic heterocycles. The van der Waals surface area contributed by atoms with Crippen molar-refractivity contribution in [1.29, 1.82) is 0 Å². The molecule has 370 valence electrons. The summed E-state index contributed by atoms with van der Waals surface area (Å²) < 4.78 is 12.4. The Balaban J connectivity index is 1.03. The number of anilines is 2. The van der Waals surface area contributed by atoms with Crippen LogP contribution in [0.5, 0.6) is 0 Å². The lowest BCUT2D eigenvalue weighted by Crippen LogP contribution is -2.37. The molecular formula is C71H61BN2OS. The standard InChI is InChI=1S/C71H61BN2OS/c1-68(2,3)42-24-26-43(27-25-42)73-59-39-63-50(51-34-56-57(38-62(51)76-63)70(6,7)31-30-69(56,4)5)33-48(59)45-28-29-46-49-32-47-44-22-16-17-23-54(44)71(8,9)55(47)37-60(49)74-61-36-53-52(35-58(61)72-64(45)65(46)74)66(40-18-12-10-13-19-40)75-67(53)41-20-14-11-15-21-41/h10-29,32-39,72-73H,30-31H2,1-9H3. The molecule has 3 aliphatic rings. The van der Waals surface area contributed by atoms with Crippen LogP contribution in [0.15, 0.2) is 174 Å². The lowest BCUT2D eigenvalue weighted by Gasteiger charge is -2.41. The Morgan fingerprint density at radius 2 is 1.13 bits per heavy atom. The lowest BCUT2D eigenvalue weighted by atomic mass is 9.58. The summed E-state index contributed by atoms with van der Waals surface area (Å²) in [6.45, 7) is 21.5. The predicted molar refractivity (Wildman–Crippen MR) is 327 cm³/mol. The van der Waals surface area contributed by atoms with Gasteiger partial charge in [0.1, 0.15) is 11.5 Å². The minimum Gasteiger partial charge on any atom is -0.455 e. The van der Waals surface area contributed by atoms with Gasteiger partial charge in [-0.1, -0.05) is 183 Å². The van der Waals surface area contributed by atoms with Gasteiger partial charge in [0.05, 0.1) is 5.52 Å². The lowest BCUT2D eigenvalue weighted by molar-refractivity contribution is 0.332. The second-order valence-corrected chi connectivity index (χ2v) is 26.3. The number of hydrogen-bond acceptors (Lipinski definition) is 3. The van der Waals surface area contributed by atoms with Gasteiger partial charge in [0, 0.05) is 86.4 Å². The molecule has 0 amide bonds. The monoisotopic (exact) mass is 1000 g/mol. The average Bonchev–Trinajstić information content (AvgIpc) is 4.15. The molecule has 3 aromatic heterocycles. The largest absolute Gasteiger partial charge is 0.455 e. The second-order valence-electron chi connectivity index (χ2n) is 25.2. The van der Waals surface area contributed by atoms with Gasteiger partial charge in [0.15, 0.2) is 7.28 Å². The molecule has 0 radical (unpaired) electrons. The summed E-state index contributed by atoms with van der Waals surface area (Å²) in [5, 5.41) is 11.6. The molecule has 0 unspecified atom stereocenters. The van der Waals surface area contributed by atoms with Crippen molar-refractivity contribution in [2.75, 3.05) is 5.32 Å². The molecule has 0 saturated carbocycles. The molecule has 9 aromatic carbocycles. The summed E-state index contributed by atoms with van der Waals surface area (Å²) in [7, 11) is 0.765. The number of benzene rings is 9. The Morgan fingerprint density at radius 3 is 1.83 bits per heavy atom. The zero-order valence-corrected chi connectivity index (χ0v) is 45.9. The first-order chi connectivity index (χ1) is 36.5. The normalized spacial score (nSPS) is 15.8. The zero-order chi connectivity index (χ0) is 51.8. The van der Waals surface area contributed by atoms with E-state index in [1.54, 1.807) is 0 Å². The number of furan rings is 1. The van der Waals surface area contributed by atoms with Crippen LogP contribution in [0.1, 0.15) is 103 Å². The molecule has 15 rings (SSSR count). The smallest absolute Gasteiger partial charge is 0.198 e. The third-order valence-electron chi connectivity index (χ3n) is 18.2. The number of nitrogens with one attached hydrogen (secondary N) is 1. The highest BCUT2D eigenvalue weighted by molar-refractivity contribution is 7.25. The van der Waals surface area contributed by atoms with Crippen molar-refractivity contribution in [3.8, 4) is 50.6 Å². The van der Waals surface area contributed by atoms with Crippen LogP contribution in [0.3, 0.4) is 0 Å². The van der Waals surface area contributed by atoms with E-state index < -0.39 is 0 Å². The van der Waals surface area contributed by atoms with Gasteiger partial charge in [-0.3, -0.25) is 0 Å². The average molecular weight is 1000 g/mol. The van der Waals surface area contributed by atoms with E-state index in [4.69, 9.17) is 4.42 Å². The van der Waals surface area contributed by atoms with Crippen LogP contribution in [0, 0.1) is 0 Å². The van der Waals surface area contributed by atoms with Crippen LogP contribution >= 0.6 is 11.3 Å². The topological polar surface area (TPSA) is 30.1 Å². The highest BCUT2D eigenvalue weighted by Gasteiger charge is 2.39. The molecule has 0 fully saturated rings. The summed E-state index contributed by atoms with van der Waals surface area (Å²) in [6.07, 6.45) is 2.38. The van der Waals surface area contributed by atoms with Crippen molar-refractivity contribution < 1.29 is 4.42 Å². The van der Waals surface area contributed by atoms with E-state index in [2.05, 4.69) is 242 Å². The van der Waals surface area contributed by atoms with Gasteiger partial charge in [-0.15, -0.1) is 11.3 Å². The molecule has 0 bridgehead atoms. The van der Waals surface area contributed by atoms with Crippen LogP contribution in [0.4, 0.5) is 11.4 Å². The van der Waals surface area contributed by atoms with Crippen LogP contribution in [0.25, 0.3) is 103 Å². The van der Waals surface area contributed by atoms with E-state index in [0.717, 1.165) is 52.1 Å². The van der Waals surface area contributed by atoms with Crippen molar-refractivity contribution in [2.24, 2.45) is 0 Å². The summed E-state index contributed by atoms with van der Waals surface area (Å²) in [5.74, 6) is 1.81. The molecule has 0 spiro atoms. The van der Waals surface area contributed by atoms with Crippen molar-refractivity contribution in [2.45, 2.75) is 96.8 Å². The second kappa shape index (κ2) is 15.7. The van der Waals surface area contributed by atoms with Crippen LogP contribution in [-0.2, 0) is 21.7 Å². The van der Waals surface area contributed by atoms with Gasteiger partial charge in [-0.2, -0.15) is 0 Å². The third-order valence-corrected chi connectivity index (χ3v) is 19.3. The number of aromatic nitrogens is 1. The molecule has 2 aliphatic carbocycles. The predicted octanol–water partition coefficient (Wildman–Crippen LogP) is 18.3. The molecular weight excluding hydrogens is 940 g/mol. The Bertz CT molecular complexity index is 4440. The Kier molecular flexibility index (Phi) is 9.48. The quantitative estimate of drug-likeness (QED) is 0.174. The Labute approximate surface area is 450 Å². The highest BCUT2D eigenvalue weighted by atomic mass is 32.1. The molecule has 12 aromatic rings. The zero-order valence-electron chi connectivity index (χ0n) is 45.1. The highest BCUT2D eigenvalue weighted by Crippen LogP contribution is 2.53. The number of rotatable bonds is 5. The summed E-state index contributed by atoms with van der Waals surface area (Å²) >= 11 is 1.94. The van der Waals surface area contributed by atoms with Crippen molar-refractivity contribution >= 4 is 93.7 Å². The summed E-state index contributed by atoms with van der Waals surface area (Å²) in [6, 6.07) is 64.5. The van der Waals surface area contributed by atoms with Crippen molar-refractivity contribution in [3.05, 3.63) is 198 Å². The minimum absolute atomic E-state index is 0.0566. The fourth-order valence-corrected chi connectivity index (χ4v) is 15.0. The number of fused-ring (bicyclic) bond motifs is 13. The first-order valence-electron chi connectivity index (χ1n) is 27.4.